The second-order valence-electron chi connectivity index (χ2n) is 24.5. The first-order valence-corrected chi connectivity index (χ1v) is 31.3. The Labute approximate surface area is 555 Å². The highest BCUT2D eigenvalue weighted by atomic mass is 16.7. The van der Waals surface area contributed by atoms with Gasteiger partial charge in [-0.2, -0.15) is 0 Å². The molecule has 3 saturated heterocycles. The monoisotopic (exact) mass is 1380 g/mol. The zero-order chi connectivity index (χ0) is 71.3. The Morgan fingerprint density at radius 1 is 0.701 bits per heavy atom. The van der Waals surface area contributed by atoms with Gasteiger partial charge in [0.15, 0.2) is 30.5 Å². The summed E-state index contributed by atoms with van der Waals surface area (Å²) >= 11 is 0. The van der Waals surface area contributed by atoms with Gasteiger partial charge in [0.05, 0.1) is 51.0 Å². The van der Waals surface area contributed by atoms with Crippen LogP contribution in [-0.2, 0) is 68.4 Å². The van der Waals surface area contributed by atoms with E-state index in [4.69, 9.17) is 50.4 Å². The molecule has 2 aromatic rings. The predicted molar refractivity (Wildman–Crippen MR) is 330 cm³/mol. The Bertz CT molecular complexity index is 3030. The summed E-state index contributed by atoms with van der Waals surface area (Å²) in [7, 11) is 0. The SMILES string of the molecule is CC(=O)OCC1OC(OC2C(CO)OC(Oc3ccc(CC(NC(=O)C(N)C(C)c4ccccc4)C(=O)NC(C(=O)NC(C(=O)NC(C=O)CO)C(O)C4CN=C(N)N4C4OC(CO)C(O)C(O)C4O)C(O)C4CN=C(N)N4)cc3)C(O)C2O)C(O)C(OC(=O)CCC(C)C)C1O. The fraction of sp³-hybridized carbons (Fsp3) is 0.650. The number of amides is 4. The first-order chi connectivity index (χ1) is 46.0. The largest absolute Gasteiger partial charge is 0.463 e. The van der Waals surface area contributed by atoms with Crippen LogP contribution in [-0.4, -0.2) is 306 Å². The van der Waals surface area contributed by atoms with Crippen molar-refractivity contribution in [2.75, 3.05) is 39.5 Å². The van der Waals surface area contributed by atoms with Crippen molar-refractivity contribution in [3.8, 4) is 5.75 Å². The summed E-state index contributed by atoms with van der Waals surface area (Å²) in [6.07, 6.45) is -31.2. The molecular weight excluding hydrogens is 1290 g/mol. The minimum absolute atomic E-state index is 0.0666. The van der Waals surface area contributed by atoms with E-state index in [2.05, 4.69) is 36.6 Å². The summed E-state index contributed by atoms with van der Waals surface area (Å²) < 4.78 is 39.6. The molecule has 2 aromatic carbocycles. The summed E-state index contributed by atoms with van der Waals surface area (Å²) in [5, 5.41) is 144. The normalized spacial score (nSPS) is 31.3. The highest BCUT2D eigenvalue weighted by Crippen LogP contribution is 2.33. The number of ether oxygens (including phenoxy) is 7. The van der Waals surface area contributed by atoms with Crippen LogP contribution in [0, 0.1) is 5.92 Å². The first-order valence-electron chi connectivity index (χ1n) is 31.3. The number of aliphatic hydroxyl groups excluding tert-OH is 12. The molecule has 37 heteroatoms. The predicted octanol–water partition coefficient (Wildman–Crippen LogP) is -10.1. The fourth-order valence-corrected chi connectivity index (χ4v) is 11.4. The lowest BCUT2D eigenvalue weighted by Crippen LogP contribution is -2.70. The molecule has 3 fully saturated rings. The summed E-state index contributed by atoms with van der Waals surface area (Å²) in [6.45, 7) is 2.25. The van der Waals surface area contributed by atoms with Gasteiger partial charge in [-0.1, -0.05) is 63.2 Å². The third-order valence-electron chi connectivity index (χ3n) is 17.1. The van der Waals surface area contributed by atoms with E-state index in [-0.39, 0.29) is 42.4 Å². The van der Waals surface area contributed by atoms with Crippen molar-refractivity contribution in [3.63, 3.8) is 0 Å². The number of aliphatic hydroxyl groups is 12. The van der Waals surface area contributed by atoms with E-state index in [1.807, 2.05) is 13.8 Å². The molecule has 5 aliphatic heterocycles. The maximum atomic E-state index is 15.0. The number of hydrogen-bond donors (Lipinski definition) is 20. The van der Waals surface area contributed by atoms with E-state index in [9.17, 15) is 94.8 Å². The molecule has 0 radical (unpaired) electrons. The Hall–Kier alpha value is -7.41. The highest BCUT2D eigenvalue weighted by Gasteiger charge is 2.55. The van der Waals surface area contributed by atoms with Gasteiger partial charge in [0.2, 0.25) is 29.9 Å². The van der Waals surface area contributed by atoms with E-state index in [1.54, 1.807) is 37.3 Å². The van der Waals surface area contributed by atoms with Crippen LogP contribution in [0.1, 0.15) is 57.6 Å². The van der Waals surface area contributed by atoms with Gasteiger partial charge in [0, 0.05) is 25.7 Å². The molecule has 0 aromatic heterocycles. The molecule has 7 rings (SSSR count). The van der Waals surface area contributed by atoms with E-state index in [0.717, 1.165) is 11.8 Å². The molecule has 4 amide bonds. The molecule has 23 N–H and O–H groups in total. The van der Waals surface area contributed by atoms with Gasteiger partial charge in [-0.05, 0) is 35.6 Å². The number of rotatable bonds is 31. The van der Waals surface area contributed by atoms with Gasteiger partial charge in [-0.25, -0.2) is 0 Å². The van der Waals surface area contributed by atoms with Gasteiger partial charge >= 0.3 is 11.9 Å². The summed E-state index contributed by atoms with van der Waals surface area (Å²) in [5.41, 5.74) is 19.5. The molecule has 540 valence electrons. The topological polar surface area (TPSA) is 593 Å². The number of nitrogens with one attached hydrogen (secondary N) is 5. The van der Waals surface area contributed by atoms with Crippen molar-refractivity contribution < 1.29 is 128 Å². The zero-order valence-electron chi connectivity index (χ0n) is 53.3. The lowest BCUT2D eigenvalue weighted by atomic mass is 9.93. The van der Waals surface area contributed by atoms with Gasteiger partial charge in [-0.15, -0.1) is 0 Å². The average Bonchev–Trinajstić information content (AvgIpc) is 1.74. The standard InChI is InChI=1S/C60H89N11O26/c1-24(2)10-15-37(77)96-51-44(81)36(23-91-26(4)76)95-58(49(51)86)97-50-35(22-75)94-57(48(85)46(50)83)92-30-13-11-27(12-14-30)16-31(67-53(88)38(61)25(3)28-8-6-5-7-9-28)52(87)69-39(41(78)32-17-64-59(62)68-32)55(90)70-40(54(89)66-29(19-72)20-73)42(79)33-18-65-60(63)71(33)56-47(84)45(82)43(80)34(21-74)93-56/h5-9,11-14,19,24-25,29,31-36,38-51,56-58,73-75,78-86H,10,15-18,20-23,61H2,1-4H3,(H2,63,65)(H,66,89)(H,67,88)(H,69,87)(H,70,90)(H3,62,64,68). The highest BCUT2D eigenvalue weighted by molar-refractivity contribution is 5.96. The maximum Gasteiger partial charge on any atom is 0.306 e. The number of guanidine groups is 2. The van der Waals surface area contributed by atoms with Crippen molar-refractivity contribution >= 4 is 53.8 Å². The van der Waals surface area contributed by atoms with Crippen molar-refractivity contribution in [1.82, 2.24) is 31.5 Å². The minimum Gasteiger partial charge on any atom is -0.463 e. The maximum absolute atomic E-state index is 15.0. The van der Waals surface area contributed by atoms with Crippen LogP contribution >= 0.6 is 0 Å². The van der Waals surface area contributed by atoms with Crippen molar-refractivity contribution in [2.45, 2.75) is 199 Å². The number of nitrogens with two attached hydrogens (primary N) is 3. The van der Waals surface area contributed by atoms with Crippen LogP contribution in [0.2, 0.25) is 0 Å². The number of carbonyl (C=O) groups is 7. The summed E-state index contributed by atoms with van der Waals surface area (Å²) in [4.78, 5) is 104. The van der Waals surface area contributed by atoms with Crippen LogP contribution in [0.25, 0.3) is 0 Å². The van der Waals surface area contributed by atoms with Crippen molar-refractivity contribution in [3.05, 3.63) is 65.7 Å². The Balaban J connectivity index is 1.13. The third kappa shape index (κ3) is 19.1. The smallest absolute Gasteiger partial charge is 0.306 e. The Morgan fingerprint density at radius 2 is 1.34 bits per heavy atom. The molecule has 5 heterocycles. The molecule has 25 atom stereocenters. The number of hydrogen-bond acceptors (Lipinski definition) is 33. The van der Waals surface area contributed by atoms with Gasteiger partial charge in [-0.3, -0.25) is 38.8 Å². The molecule has 97 heavy (non-hydrogen) atoms. The molecular formula is C60H89N11O26. The second-order valence-corrected chi connectivity index (χ2v) is 24.5. The van der Waals surface area contributed by atoms with Crippen molar-refractivity contribution in [1.29, 1.82) is 0 Å². The van der Waals surface area contributed by atoms with E-state index >= 15 is 0 Å². The number of aldehydes is 1. The average molecular weight is 1380 g/mol. The quantitative estimate of drug-likeness (QED) is 0.0246. The van der Waals surface area contributed by atoms with Gasteiger partial charge < -0.3 is 148 Å². The number of carbonyl (C=O) groups excluding carboxylic acids is 7. The molecule has 0 bridgehead atoms. The van der Waals surface area contributed by atoms with Crippen LogP contribution < -0.4 is 48.5 Å². The molecule has 0 aliphatic carbocycles. The summed E-state index contributed by atoms with van der Waals surface area (Å²) in [6, 6.07) is 1.99. The van der Waals surface area contributed by atoms with Crippen LogP contribution in [0.5, 0.6) is 5.75 Å². The van der Waals surface area contributed by atoms with Crippen LogP contribution in [0.15, 0.2) is 64.6 Å². The summed E-state index contributed by atoms with van der Waals surface area (Å²) in [5.74, 6) is -7.74. The van der Waals surface area contributed by atoms with E-state index in [0.29, 0.717) is 12.0 Å². The fourth-order valence-electron chi connectivity index (χ4n) is 11.4. The molecule has 0 spiro atoms. The number of nitrogens with zero attached hydrogens (tertiary/aromatic N) is 3. The molecule has 5 aliphatic rings. The lowest BCUT2D eigenvalue weighted by molar-refractivity contribution is -0.353. The number of esters is 2. The van der Waals surface area contributed by atoms with Crippen LogP contribution in [0.4, 0.5) is 0 Å². The van der Waals surface area contributed by atoms with Crippen molar-refractivity contribution in [2.24, 2.45) is 33.1 Å². The zero-order valence-corrected chi connectivity index (χ0v) is 53.3. The minimum atomic E-state index is -2.27. The number of aliphatic imine (C=N–C) groups is 2. The molecule has 25 unspecified atom stereocenters. The molecule has 0 saturated carbocycles. The van der Waals surface area contributed by atoms with Gasteiger partial charge in [0.1, 0.15) is 122 Å². The van der Waals surface area contributed by atoms with E-state index < -0.39 is 233 Å². The molecule has 37 nitrogen and oxygen atoms in total. The number of benzene rings is 2. The van der Waals surface area contributed by atoms with Gasteiger partial charge in [0.25, 0.3) is 0 Å². The van der Waals surface area contributed by atoms with E-state index in [1.165, 1.54) is 24.3 Å². The van der Waals surface area contributed by atoms with Crippen LogP contribution in [0.3, 0.4) is 0 Å². The Kier molecular flexibility index (Phi) is 27.7. The lowest BCUT2D eigenvalue weighted by Gasteiger charge is -2.46. The second kappa shape index (κ2) is 34.9. The Morgan fingerprint density at radius 3 is 1.95 bits per heavy atom. The first kappa shape index (κ1) is 76.9. The third-order valence-corrected chi connectivity index (χ3v) is 17.1.